The number of hydrogen-bond donors (Lipinski definition) is 1. The molecule has 0 bridgehead atoms. The third-order valence-electron chi connectivity index (χ3n) is 3.07. The fourth-order valence-corrected chi connectivity index (χ4v) is 2.81. The highest BCUT2D eigenvalue weighted by Crippen LogP contribution is 2.26. The summed E-state index contributed by atoms with van der Waals surface area (Å²) in [5.41, 5.74) is 2.87. The zero-order valence-corrected chi connectivity index (χ0v) is 14.0. The predicted octanol–water partition coefficient (Wildman–Crippen LogP) is 4.02. The fourth-order valence-electron chi connectivity index (χ4n) is 1.98. The smallest absolute Gasteiger partial charge is 0.122 e. The van der Waals surface area contributed by atoms with Gasteiger partial charge in [0.15, 0.2) is 0 Å². The Bertz CT molecular complexity index is 613. The molecule has 108 valence electrons. The number of hydrogen-bond acceptors (Lipinski definition) is 3. The highest BCUT2D eigenvalue weighted by Gasteiger charge is 2.12. The lowest BCUT2D eigenvalue weighted by atomic mass is 10.2. The molecule has 0 atom stereocenters. The largest absolute Gasteiger partial charge is 0.497 e. The fraction of sp³-hybridized carbons (Fsp3) is 0.357. The first kappa shape index (κ1) is 15.2. The first-order valence-corrected chi connectivity index (χ1v) is 7.51. The Morgan fingerprint density at radius 2 is 2.15 bits per heavy atom. The molecule has 0 aliphatic rings. The number of halogens is 2. The Morgan fingerprint density at radius 1 is 1.40 bits per heavy atom. The van der Waals surface area contributed by atoms with Crippen molar-refractivity contribution in [2.45, 2.75) is 19.9 Å². The molecule has 0 saturated carbocycles. The molecule has 1 aromatic heterocycles. The molecule has 1 heterocycles. The van der Waals surface area contributed by atoms with E-state index in [9.17, 15) is 0 Å². The summed E-state index contributed by atoms with van der Waals surface area (Å²) in [6, 6.07) is 5.85. The van der Waals surface area contributed by atoms with Crippen LogP contribution in [0.4, 0.5) is 5.69 Å². The summed E-state index contributed by atoms with van der Waals surface area (Å²) in [4.78, 5) is 0. The Morgan fingerprint density at radius 3 is 2.75 bits per heavy atom. The standard InChI is InChI=1S/C14H17BrClN3O/c1-4-12-14(16)13(19(2)18-12)8-17-10-5-9(15)6-11(7-10)20-3/h5-7,17H,4,8H2,1-3H3. The van der Waals surface area contributed by atoms with Gasteiger partial charge < -0.3 is 10.1 Å². The van der Waals surface area contributed by atoms with Crippen molar-refractivity contribution in [3.8, 4) is 5.75 Å². The topological polar surface area (TPSA) is 39.1 Å². The van der Waals surface area contributed by atoms with Crippen LogP contribution in [0, 0.1) is 0 Å². The number of rotatable bonds is 5. The van der Waals surface area contributed by atoms with Gasteiger partial charge in [-0.15, -0.1) is 0 Å². The second-order valence-electron chi connectivity index (χ2n) is 4.42. The van der Waals surface area contributed by atoms with Crippen molar-refractivity contribution in [2.75, 3.05) is 12.4 Å². The maximum atomic E-state index is 6.33. The van der Waals surface area contributed by atoms with Crippen LogP contribution in [0.25, 0.3) is 0 Å². The Hall–Kier alpha value is -1.20. The van der Waals surface area contributed by atoms with Gasteiger partial charge in [0.05, 0.1) is 30.1 Å². The summed E-state index contributed by atoms with van der Waals surface area (Å²) >= 11 is 9.79. The molecule has 0 fully saturated rings. The van der Waals surface area contributed by atoms with Crippen molar-refractivity contribution in [2.24, 2.45) is 7.05 Å². The van der Waals surface area contributed by atoms with E-state index in [0.29, 0.717) is 6.54 Å². The van der Waals surface area contributed by atoms with Gasteiger partial charge in [0.25, 0.3) is 0 Å². The van der Waals surface area contributed by atoms with Crippen LogP contribution in [-0.4, -0.2) is 16.9 Å². The zero-order valence-electron chi connectivity index (χ0n) is 11.7. The molecule has 0 saturated heterocycles. The van der Waals surface area contributed by atoms with E-state index >= 15 is 0 Å². The van der Waals surface area contributed by atoms with Crippen LogP contribution >= 0.6 is 27.5 Å². The van der Waals surface area contributed by atoms with Crippen molar-refractivity contribution in [3.05, 3.63) is 39.1 Å². The summed E-state index contributed by atoms with van der Waals surface area (Å²) in [7, 11) is 3.56. The minimum atomic E-state index is 0.613. The number of nitrogens with one attached hydrogen (secondary N) is 1. The van der Waals surface area contributed by atoms with E-state index in [2.05, 4.69) is 26.3 Å². The lowest BCUT2D eigenvalue weighted by Gasteiger charge is -2.09. The summed E-state index contributed by atoms with van der Waals surface area (Å²) < 4.78 is 8.03. The van der Waals surface area contributed by atoms with Gasteiger partial charge in [-0.3, -0.25) is 4.68 Å². The van der Waals surface area contributed by atoms with Gasteiger partial charge in [0, 0.05) is 23.3 Å². The van der Waals surface area contributed by atoms with Gasteiger partial charge in [0.2, 0.25) is 0 Å². The van der Waals surface area contributed by atoms with Crippen molar-refractivity contribution < 1.29 is 4.74 Å². The van der Waals surface area contributed by atoms with Crippen LogP contribution in [0.5, 0.6) is 5.75 Å². The lowest BCUT2D eigenvalue weighted by Crippen LogP contribution is -2.06. The third-order valence-corrected chi connectivity index (χ3v) is 3.96. The van der Waals surface area contributed by atoms with Crippen LogP contribution in [0.1, 0.15) is 18.3 Å². The van der Waals surface area contributed by atoms with Crippen LogP contribution in [0.3, 0.4) is 0 Å². The third kappa shape index (κ3) is 3.27. The van der Waals surface area contributed by atoms with Crippen molar-refractivity contribution in [3.63, 3.8) is 0 Å². The zero-order chi connectivity index (χ0) is 14.7. The molecule has 0 aliphatic carbocycles. The Balaban J connectivity index is 2.16. The van der Waals surface area contributed by atoms with E-state index in [0.717, 1.165) is 38.7 Å². The summed E-state index contributed by atoms with van der Waals surface area (Å²) in [5, 5.41) is 8.48. The molecule has 0 spiro atoms. The van der Waals surface area contributed by atoms with Crippen molar-refractivity contribution >= 4 is 33.2 Å². The van der Waals surface area contributed by atoms with E-state index in [1.807, 2.05) is 36.9 Å². The minimum Gasteiger partial charge on any atom is -0.497 e. The highest BCUT2D eigenvalue weighted by atomic mass is 79.9. The number of anilines is 1. The van der Waals surface area contributed by atoms with Gasteiger partial charge in [-0.2, -0.15) is 5.10 Å². The SMILES string of the molecule is CCc1nn(C)c(CNc2cc(Br)cc(OC)c2)c1Cl. The van der Waals surface area contributed by atoms with Gasteiger partial charge in [-0.05, 0) is 18.6 Å². The number of aryl methyl sites for hydroxylation is 2. The number of ether oxygens (including phenoxy) is 1. The molecule has 20 heavy (non-hydrogen) atoms. The number of nitrogens with zero attached hydrogens (tertiary/aromatic N) is 2. The molecule has 0 amide bonds. The van der Waals surface area contributed by atoms with Crippen molar-refractivity contribution in [1.82, 2.24) is 9.78 Å². The van der Waals surface area contributed by atoms with Gasteiger partial charge in [-0.1, -0.05) is 34.5 Å². The molecule has 1 aromatic carbocycles. The van der Waals surface area contributed by atoms with E-state index < -0.39 is 0 Å². The first-order valence-electron chi connectivity index (χ1n) is 6.33. The van der Waals surface area contributed by atoms with E-state index in [-0.39, 0.29) is 0 Å². The Kier molecular flexibility index (Phi) is 4.94. The Labute approximate surface area is 132 Å². The maximum absolute atomic E-state index is 6.33. The second-order valence-corrected chi connectivity index (χ2v) is 5.71. The molecular weight excluding hydrogens is 342 g/mol. The molecular formula is C14H17BrClN3O. The molecule has 6 heteroatoms. The second kappa shape index (κ2) is 6.50. The molecule has 4 nitrogen and oxygen atoms in total. The van der Waals surface area contributed by atoms with Crippen LogP contribution in [0.2, 0.25) is 5.02 Å². The summed E-state index contributed by atoms with van der Waals surface area (Å²) in [5.74, 6) is 0.798. The normalized spacial score (nSPS) is 10.7. The van der Waals surface area contributed by atoms with Gasteiger partial charge >= 0.3 is 0 Å². The molecule has 2 rings (SSSR count). The molecule has 1 N–H and O–H groups in total. The maximum Gasteiger partial charge on any atom is 0.122 e. The van der Waals surface area contributed by atoms with E-state index in [1.54, 1.807) is 7.11 Å². The van der Waals surface area contributed by atoms with Gasteiger partial charge in [0.1, 0.15) is 5.75 Å². The average Bonchev–Trinajstić information content (AvgIpc) is 2.70. The van der Waals surface area contributed by atoms with E-state index in [4.69, 9.17) is 16.3 Å². The quantitative estimate of drug-likeness (QED) is 0.877. The average molecular weight is 359 g/mol. The number of aromatic nitrogens is 2. The van der Waals surface area contributed by atoms with Crippen LogP contribution < -0.4 is 10.1 Å². The molecule has 2 aromatic rings. The van der Waals surface area contributed by atoms with Gasteiger partial charge in [-0.25, -0.2) is 0 Å². The summed E-state index contributed by atoms with van der Waals surface area (Å²) in [6.07, 6.45) is 0.831. The van der Waals surface area contributed by atoms with Crippen LogP contribution in [-0.2, 0) is 20.0 Å². The first-order chi connectivity index (χ1) is 9.55. The highest BCUT2D eigenvalue weighted by molar-refractivity contribution is 9.10. The molecule has 0 aliphatic heterocycles. The molecule has 0 radical (unpaired) electrons. The monoisotopic (exact) mass is 357 g/mol. The van der Waals surface area contributed by atoms with Crippen LogP contribution in [0.15, 0.2) is 22.7 Å². The predicted molar refractivity (Wildman–Crippen MR) is 85.6 cm³/mol. The number of benzene rings is 1. The summed E-state index contributed by atoms with van der Waals surface area (Å²) in [6.45, 7) is 2.66. The number of methoxy groups -OCH3 is 1. The lowest BCUT2D eigenvalue weighted by molar-refractivity contribution is 0.414. The molecule has 0 unspecified atom stereocenters. The minimum absolute atomic E-state index is 0.613. The van der Waals surface area contributed by atoms with Crippen molar-refractivity contribution in [1.29, 1.82) is 0 Å². The van der Waals surface area contributed by atoms with E-state index in [1.165, 1.54) is 0 Å².